The molecule has 2 aromatic heterocycles. The topological polar surface area (TPSA) is 73.0 Å². The van der Waals surface area contributed by atoms with Crippen LogP contribution < -0.4 is 5.56 Å². The second-order valence-corrected chi connectivity index (χ2v) is 8.21. The van der Waals surface area contributed by atoms with E-state index in [2.05, 4.69) is 37.8 Å². The molecule has 0 bridgehead atoms. The smallest absolute Gasteiger partial charge is 0.264 e. The molecule has 3 rings (SSSR count). The molecule has 0 aliphatic carbocycles. The molecule has 0 atom stereocenters. The van der Waals surface area contributed by atoms with Crippen LogP contribution in [0.3, 0.4) is 0 Å². The van der Waals surface area contributed by atoms with Crippen LogP contribution in [0.5, 0.6) is 0 Å². The molecule has 0 aliphatic heterocycles. The molecule has 0 radical (unpaired) electrons. The van der Waals surface area contributed by atoms with Crippen molar-refractivity contribution in [2.75, 3.05) is 13.1 Å². The number of para-hydroxylation sites is 1. The first kappa shape index (κ1) is 20.8. The summed E-state index contributed by atoms with van der Waals surface area (Å²) >= 11 is 0. The third-order valence-corrected chi connectivity index (χ3v) is 4.65. The van der Waals surface area contributed by atoms with Crippen LogP contribution in [0.25, 0.3) is 16.7 Å². The van der Waals surface area contributed by atoms with Gasteiger partial charge in [0.1, 0.15) is 5.39 Å². The van der Waals surface area contributed by atoms with E-state index < -0.39 is 0 Å². The van der Waals surface area contributed by atoms with Crippen LogP contribution in [0.15, 0.2) is 47.7 Å². The Hall–Kier alpha value is -2.96. The Morgan fingerprint density at radius 3 is 2.34 bits per heavy atom. The lowest BCUT2D eigenvalue weighted by atomic mass is 10.1. The maximum atomic E-state index is 12.9. The van der Waals surface area contributed by atoms with Gasteiger partial charge in [0, 0.05) is 26.1 Å². The van der Waals surface area contributed by atoms with E-state index in [1.807, 2.05) is 35.2 Å². The number of nitrogens with zero attached hydrogens (tertiary/aromatic N) is 5. The van der Waals surface area contributed by atoms with Gasteiger partial charge >= 0.3 is 0 Å². The first-order valence-electron chi connectivity index (χ1n) is 10.1. The quantitative estimate of drug-likeness (QED) is 0.587. The second-order valence-electron chi connectivity index (χ2n) is 8.21. The van der Waals surface area contributed by atoms with E-state index in [4.69, 9.17) is 0 Å². The third-order valence-electron chi connectivity index (χ3n) is 4.65. The SMILES string of the molecule is CC(C)CN(CC(C)C)C(=O)CCn1cnc2c(cnn2-c2ccccc2)c1=O. The number of amides is 1. The molecule has 29 heavy (non-hydrogen) atoms. The Morgan fingerprint density at radius 1 is 1.07 bits per heavy atom. The number of aromatic nitrogens is 4. The summed E-state index contributed by atoms with van der Waals surface area (Å²) in [4.78, 5) is 31.9. The van der Waals surface area contributed by atoms with Gasteiger partial charge in [-0.3, -0.25) is 14.2 Å². The van der Waals surface area contributed by atoms with Gasteiger partial charge in [0.15, 0.2) is 5.65 Å². The average molecular weight is 396 g/mol. The molecule has 0 unspecified atom stereocenters. The zero-order valence-electron chi connectivity index (χ0n) is 17.6. The highest BCUT2D eigenvalue weighted by molar-refractivity contribution is 5.76. The summed E-state index contributed by atoms with van der Waals surface area (Å²) in [5.74, 6) is 0.879. The number of aryl methyl sites for hydroxylation is 1. The normalized spacial score (nSPS) is 11.5. The van der Waals surface area contributed by atoms with Crippen LogP contribution >= 0.6 is 0 Å². The molecule has 0 saturated heterocycles. The lowest BCUT2D eigenvalue weighted by molar-refractivity contribution is -0.132. The van der Waals surface area contributed by atoms with Crippen molar-refractivity contribution in [1.29, 1.82) is 0 Å². The summed E-state index contributed by atoms with van der Waals surface area (Å²) in [6.45, 7) is 10.2. The summed E-state index contributed by atoms with van der Waals surface area (Å²) < 4.78 is 3.15. The largest absolute Gasteiger partial charge is 0.342 e. The summed E-state index contributed by atoms with van der Waals surface area (Å²) in [7, 11) is 0. The lowest BCUT2D eigenvalue weighted by Crippen LogP contribution is -2.37. The van der Waals surface area contributed by atoms with E-state index in [0.29, 0.717) is 29.4 Å². The second kappa shape index (κ2) is 9.03. The van der Waals surface area contributed by atoms with Crippen LogP contribution in [0.1, 0.15) is 34.1 Å². The summed E-state index contributed by atoms with van der Waals surface area (Å²) in [6.07, 6.45) is 3.33. The fourth-order valence-electron chi connectivity index (χ4n) is 3.40. The number of hydrogen-bond acceptors (Lipinski definition) is 4. The minimum atomic E-state index is -0.177. The lowest BCUT2D eigenvalue weighted by Gasteiger charge is -2.26. The molecule has 154 valence electrons. The average Bonchev–Trinajstić information content (AvgIpc) is 3.11. The molecule has 2 heterocycles. The van der Waals surface area contributed by atoms with Crippen molar-refractivity contribution in [2.45, 2.75) is 40.7 Å². The number of rotatable bonds is 8. The fraction of sp³-hybridized carbons (Fsp3) is 0.455. The van der Waals surface area contributed by atoms with Gasteiger partial charge in [-0.05, 0) is 24.0 Å². The summed E-state index contributed by atoms with van der Waals surface area (Å²) in [5.41, 5.74) is 1.19. The molecular formula is C22H29N5O2. The molecule has 1 aromatic carbocycles. The standard InChI is InChI=1S/C22H29N5O2/c1-16(2)13-26(14-17(3)4)20(28)10-11-25-15-23-21-19(22(25)29)12-24-27(21)18-8-6-5-7-9-18/h5-9,12,15-17H,10-11,13-14H2,1-4H3. The zero-order chi connectivity index (χ0) is 21.0. The maximum absolute atomic E-state index is 12.9. The van der Waals surface area contributed by atoms with Gasteiger partial charge in [-0.25, -0.2) is 9.67 Å². The van der Waals surface area contributed by atoms with Crippen molar-refractivity contribution >= 4 is 16.9 Å². The predicted octanol–water partition coefficient (Wildman–Crippen LogP) is 3.11. The van der Waals surface area contributed by atoms with Gasteiger partial charge in [0.2, 0.25) is 5.91 Å². The van der Waals surface area contributed by atoms with Crippen molar-refractivity contribution in [3.63, 3.8) is 0 Å². The van der Waals surface area contributed by atoms with E-state index in [0.717, 1.165) is 18.8 Å². The molecule has 0 spiro atoms. The van der Waals surface area contributed by atoms with E-state index in [1.54, 1.807) is 10.9 Å². The number of fused-ring (bicyclic) bond motifs is 1. The summed E-state index contributed by atoms with van der Waals surface area (Å²) in [6, 6.07) is 9.58. The minimum absolute atomic E-state index is 0.0689. The van der Waals surface area contributed by atoms with Gasteiger partial charge in [-0.2, -0.15) is 5.10 Å². The number of carbonyl (C=O) groups excluding carboxylic acids is 1. The van der Waals surface area contributed by atoms with E-state index in [1.165, 1.54) is 10.9 Å². The first-order chi connectivity index (χ1) is 13.9. The van der Waals surface area contributed by atoms with Crippen LogP contribution in [0.4, 0.5) is 0 Å². The molecule has 0 N–H and O–H groups in total. The Balaban J connectivity index is 1.78. The molecule has 0 saturated carbocycles. The number of benzene rings is 1. The van der Waals surface area contributed by atoms with Crippen LogP contribution in [-0.2, 0) is 11.3 Å². The fourth-order valence-corrected chi connectivity index (χ4v) is 3.40. The first-order valence-corrected chi connectivity index (χ1v) is 10.1. The Labute approximate surface area is 171 Å². The maximum Gasteiger partial charge on any atom is 0.264 e. The van der Waals surface area contributed by atoms with Crippen molar-refractivity contribution in [1.82, 2.24) is 24.2 Å². The predicted molar refractivity (Wildman–Crippen MR) is 114 cm³/mol. The van der Waals surface area contributed by atoms with Crippen LogP contribution in [0.2, 0.25) is 0 Å². The van der Waals surface area contributed by atoms with E-state index in [9.17, 15) is 9.59 Å². The van der Waals surface area contributed by atoms with Gasteiger partial charge < -0.3 is 4.90 Å². The highest BCUT2D eigenvalue weighted by atomic mass is 16.2. The highest BCUT2D eigenvalue weighted by Crippen LogP contribution is 2.13. The Bertz CT molecular complexity index is 1010. The molecular weight excluding hydrogens is 366 g/mol. The van der Waals surface area contributed by atoms with E-state index in [-0.39, 0.29) is 17.9 Å². The number of hydrogen-bond donors (Lipinski definition) is 0. The van der Waals surface area contributed by atoms with Crippen molar-refractivity contribution in [2.24, 2.45) is 11.8 Å². The van der Waals surface area contributed by atoms with Gasteiger partial charge in [-0.1, -0.05) is 45.9 Å². The van der Waals surface area contributed by atoms with E-state index >= 15 is 0 Å². The van der Waals surface area contributed by atoms with Crippen LogP contribution in [0, 0.1) is 11.8 Å². The zero-order valence-corrected chi connectivity index (χ0v) is 17.6. The van der Waals surface area contributed by atoms with Gasteiger partial charge in [0.05, 0.1) is 18.2 Å². The molecule has 0 fully saturated rings. The summed E-state index contributed by atoms with van der Waals surface area (Å²) in [5, 5.41) is 4.77. The van der Waals surface area contributed by atoms with Gasteiger partial charge in [-0.15, -0.1) is 0 Å². The molecule has 3 aromatic rings. The van der Waals surface area contributed by atoms with Crippen LogP contribution in [-0.4, -0.2) is 43.2 Å². The molecule has 0 aliphatic rings. The number of carbonyl (C=O) groups is 1. The molecule has 7 heteroatoms. The Morgan fingerprint density at radius 2 is 1.72 bits per heavy atom. The van der Waals surface area contributed by atoms with Crippen molar-refractivity contribution < 1.29 is 4.79 Å². The molecule has 7 nitrogen and oxygen atoms in total. The third kappa shape index (κ3) is 4.91. The highest BCUT2D eigenvalue weighted by Gasteiger charge is 2.17. The van der Waals surface area contributed by atoms with Gasteiger partial charge in [0.25, 0.3) is 5.56 Å². The van der Waals surface area contributed by atoms with Crippen molar-refractivity contribution in [3.8, 4) is 5.69 Å². The minimum Gasteiger partial charge on any atom is -0.342 e. The van der Waals surface area contributed by atoms with Crippen molar-refractivity contribution in [3.05, 3.63) is 53.2 Å². The Kier molecular flexibility index (Phi) is 6.46. The molecule has 1 amide bonds. The monoisotopic (exact) mass is 395 g/mol.